The molecule has 0 aromatic heterocycles. The van der Waals surface area contributed by atoms with E-state index in [4.69, 9.17) is 8.92 Å². The van der Waals surface area contributed by atoms with Gasteiger partial charge in [0.25, 0.3) is 10.1 Å². The normalized spacial score (nSPS) is 13.5. The summed E-state index contributed by atoms with van der Waals surface area (Å²) in [5.41, 5.74) is -0.0387. The van der Waals surface area contributed by atoms with Gasteiger partial charge < -0.3 is 4.74 Å². The van der Waals surface area contributed by atoms with Gasteiger partial charge in [-0.05, 0) is 33.3 Å². The summed E-state index contributed by atoms with van der Waals surface area (Å²) in [6.07, 6.45) is -1.60. The Hall–Kier alpha value is -1.60. The predicted molar refractivity (Wildman–Crippen MR) is 83.6 cm³/mol. The van der Waals surface area contributed by atoms with Crippen molar-refractivity contribution < 1.29 is 22.1 Å². The monoisotopic (exact) mass is 329 g/mol. The van der Waals surface area contributed by atoms with Gasteiger partial charge in [0.2, 0.25) is 0 Å². The van der Waals surface area contributed by atoms with Crippen LogP contribution >= 0.6 is 0 Å². The summed E-state index contributed by atoms with van der Waals surface area (Å²) < 4.78 is 34.2. The molecule has 1 amide bonds. The smallest absolute Gasteiger partial charge is 0.412 e. The SMILES string of the molecule is CC(OS(=O)(=O)Cc1ccccc1)N(C)C(=O)OC(C)(C)C. The van der Waals surface area contributed by atoms with Crippen LogP contribution in [0.15, 0.2) is 30.3 Å². The lowest BCUT2D eigenvalue weighted by Crippen LogP contribution is -2.41. The van der Waals surface area contributed by atoms with Crippen LogP contribution in [0.5, 0.6) is 0 Å². The molecule has 0 saturated heterocycles. The van der Waals surface area contributed by atoms with Crippen molar-refractivity contribution in [2.24, 2.45) is 0 Å². The quantitative estimate of drug-likeness (QED) is 0.613. The molecule has 1 atom stereocenters. The number of nitrogens with zero attached hydrogens (tertiary/aromatic N) is 1. The van der Waals surface area contributed by atoms with Gasteiger partial charge >= 0.3 is 6.09 Å². The average molecular weight is 329 g/mol. The van der Waals surface area contributed by atoms with Crippen molar-refractivity contribution in [3.63, 3.8) is 0 Å². The minimum absolute atomic E-state index is 0.250. The van der Waals surface area contributed by atoms with E-state index in [1.807, 2.05) is 0 Å². The molecule has 0 spiro atoms. The van der Waals surface area contributed by atoms with Gasteiger partial charge in [0.1, 0.15) is 11.4 Å². The predicted octanol–water partition coefficient (Wildman–Crippen LogP) is 2.75. The van der Waals surface area contributed by atoms with Crippen LogP contribution in [-0.2, 0) is 24.8 Å². The lowest BCUT2D eigenvalue weighted by molar-refractivity contribution is -0.00314. The Balaban J connectivity index is 2.66. The fourth-order valence-corrected chi connectivity index (χ4v) is 2.79. The van der Waals surface area contributed by atoms with E-state index in [9.17, 15) is 13.2 Å². The molecular weight excluding hydrogens is 306 g/mol. The molecule has 0 bridgehead atoms. The van der Waals surface area contributed by atoms with Crippen molar-refractivity contribution in [1.29, 1.82) is 0 Å². The molecule has 124 valence electrons. The maximum atomic E-state index is 12.0. The second kappa shape index (κ2) is 7.11. The maximum Gasteiger partial charge on any atom is 0.412 e. The number of amides is 1. The second-order valence-electron chi connectivity index (χ2n) is 5.97. The molecule has 0 heterocycles. The van der Waals surface area contributed by atoms with E-state index in [1.165, 1.54) is 14.0 Å². The maximum absolute atomic E-state index is 12.0. The third kappa shape index (κ3) is 6.44. The molecule has 1 aromatic carbocycles. The Morgan fingerprint density at radius 2 is 1.77 bits per heavy atom. The molecule has 0 N–H and O–H groups in total. The first-order chi connectivity index (χ1) is 10.0. The van der Waals surface area contributed by atoms with Crippen LogP contribution in [0.4, 0.5) is 4.79 Å². The highest BCUT2D eigenvalue weighted by molar-refractivity contribution is 7.85. The minimum atomic E-state index is -3.81. The Bertz CT molecular complexity index is 592. The minimum Gasteiger partial charge on any atom is -0.444 e. The number of benzene rings is 1. The van der Waals surface area contributed by atoms with Crippen LogP contribution < -0.4 is 0 Å². The molecule has 0 aliphatic carbocycles. The van der Waals surface area contributed by atoms with Crippen LogP contribution in [0.1, 0.15) is 33.3 Å². The fourth-order valence-electron chi connectivity index (χ4n) is 1.57. The van der Waals surface area contributed by atoms with Crippen LogP contribution in [-0.4, -0.2) is 38.3 Å². The topological polar surface area (TPSA) is 72.9 Å². The van der Waals surface area contributed by atoms with Crippen molar-refractivity contribution in [2.75, 3.05) is 7.05 Å². The number of rotatable bonds is 5. The number of ether oxygens (including phenoxy) is 1. The van der Waals surface area contributed by atoms with Gasteiger partial charge in [0.15, 0.2) is 6.23 Å². The van der Waals surface area contributed by atoms with Crippen LogP contribution in [0.2, 0.25) is 0 Å². The molecule has 0 radical (unpaired) electrons. The van der Waals surface area contributed by atoms with Crippen LogP contribution in [0, 0.1) is 0 Å². The van der Waals surface area contributed by atoms with Crippen molar-refractivity contribution in [3.8, 4) is 0 Å². The molecule has 1 rings (SSSR count). The van der Waals surface area contributed by atoms with E-state index in [0.29, 0.717) is 5.56 Å². The van der Waals surface area contributed by atoms with Crippen molar-refractivity contribution in [1.82, 2.24) is 4.90 Å². The molecule has 0 saturated carbocycles. The standard InChI is InChI=1S/C15H23NO5S/c1-12(16(5)14(17)20-15(2,3)4)21-22(18,19)11-13-9-7-6-8-10-13/h6-10,12H,11H2,1-5H3. The summed E-state index contributed by atoms with van der Waals surface area (Å²) in [5, 5.41) is 0. The highest BCUT2D eigenvalue weighted by Crippen LogP contribution is 2.14. The molecule has 6 nitrogen and oxygen atoms in total. The Labute approximate surface area is 132 Å². The van der Waals surface area contributed by atoms with Gasteiger partial charge in [-0.1, -0.05) is 30.3 Å². The van der Waals surface area contributed by atoms with Crippen molar-refractivity contribution in [2.45, 2.75) is 45.3 Å². The summed E-state index contributed by atoms with van der Waals surface area (Å²) in [6, 6.07) is 8.70. The lowest BCUT2D eigenvalue weighted by atomic mass is 10.2. The fraction of sp³-hybridized carbons (Fsp3) is 0.533. The first kappa shape index (κ1) is 18.4. The Kier molecular flexibility index (Phi) is 5.96. The van der Waals surface area contributed by atoms with Gasteiger partial charge in [-0.2, -0.15) is 8.42 Å². The van der Waals surface area contributed by atoms with Crippen molar-refractivity contribution >= 4 is 16.2 Å². The highest BCUT2D eigenvalue weighted by atomic mass is 32.2. The summed E-state index contributed by atoms with van der Waals surface area (Å²) in [5.74, 6) is -0.250. The van der Waals surface area contributed by atoms with E-state index < -0.39 is 28.0 Å². The van der Waals surface area contributed by atoms with Gasteiger partial charge in [0, 0.05) is 7.05 Å². The molecule has 22 heavy (non-hydrogen) atoms. The van der Waals surface area contributed by atoms with E-state index in [0.717, 1.165) is 4.90 Å². The van der Waals surface area contributed by atoms with E-state index >= 15 is 0 Å². The Morgan fingerprint density at radius 1 is 1.23 bits per heavy atom. The molecule has 0 aliphatic heterocycles. The zero-order valence-corrected chi connectivity index (χ0v) is 14.4. The largest absolute Gasteiger partial charge is 0.444 e. The summed E-state index contributed by atoms with van der Waals surface area (Å²) >= 11 is 0. The number of hydrogen-bond donors (Lipinski definition) is 0. The van der Waals surface area contributed by atoms with E-state index in [1.54, 1.807) is 51.1 Å². The Morgan fingerprint density at radius 3 is 2.27 bits per heavy atom. The molecular formula is C15H23NO5S. The number of carbonyl (C=O) groups excluding carboxylic acids is 1. The average Bonchev–Trinajstić information content (AvgIpc) is 2.35. The third-order valence-corrected chi connectivity index (χ3v) is 3.96. The van der Waals surface area contributed by atoms with Gasteiger partial charge in [0.05, 0.1) is 0 Å². The molecule has 7 heteroatoms. The van der Waals surface area contributed by atoms with E-state index in [-0.39, 0.29) is 5.75 Å². The molecule has 1 aromatic rings. The van der Waals surface area contributed by atoms with Gasteiger partial charge in [-0.15, -0.1) is 0 Å². The molecule has 1 unspecified atom stereocenters. The first-order valence-corrected chi connectivity index (χ1v) is 8.48. The highest BCUT2D eigenvalue weighted by Gasteiger charge is 2.26. The second-order valence-corrected chi connectivity index (χ2v) is 7.57. The third-order valence-electron chi connectivity index (χ3n) is 2.70. The number of hydrogen-bond acceptors (Lipinski definition) is 5. The number of carbonyl (C=O) groups is 1. The zero-order valence-electron chi connectivity index (χ0n) is 13.6. The van der Waals surface area contributed by atoms with Crippen LogP contribution in [0.25, 0.3) is 0 Å². The summed E-state index contributed by atoms with van der Waals surface area (Å²) in [4.78, 5) is 13.0. The zero-order chi connectivity index (χ0) is 17.0. The molecule has 0 aliphatic rings. The van der Waals surface area contributed by atoms with E-state index in [2.05, 4.69) is 0 Å². The van der Waals surface area contributed by atoms with Crippen molar-refractivity contribution in [3.05, 3.63) is 35.9 Å². The first-order valence-electron chi connectivity index (χ1n) is 6.91. The molecule has 0 fully saturated rings. The van der Waals surface area contributed by atoms with Gasteiger partial charge in [-0.3, -0.25) is 4.90 Å². The lowest BCUT2D eigenvalue weighted by Gasteiger charge is -2.28. The van der Waals surface area contributed by atoms with Gasteiger partial charge in [-0.25, -0.2) is 8.98 Å². The summed E-state index contributed by atoms with van der Waals surface area (Å²) in [7, 11) is -2.38. The van der Waals surface area contributed by atoms with Crippen LogP contribution in [0.3, 0.4) is 0 Å². The summed E-state index contributed by atoms with van der Waals surface area (Å²) in [6.45, 7) is 6.68.